The van der Waals surface area contributed by atoms with Crippen LogP contribution in [0, 0.1) is 11.3 Å². The van der Waals surface area contributed by atoms with Gasteiger partial charge in [-0.25, -0.2) is 9.36 Å². The Bertz CT molecular complexity index is 1110. The molecule has 0 unspecified atom stereocenters. The highest BCUT2D eigenvalue weighted by molar-refractivity contribution is 7.98. The smallest absolute Gasteiger partial charge is 0.337 e. The van der Waals surface area contributed by atoms with Crippen LogP contribution in [0.5, 0.6) is 5.75 Å². The standard InChI is InChI=1S/C20H17N3O3S/c1-26-16-7-5-15(6-8-16)23-18(14-3-9-17(27-2)10-4-14)13-19(24)22(12-11-21)20(23)25/h3-10,13H,12H2,1-2H3. The van der Waals surface area contributed by atoms with Crippen molar-refractivity contribution in [2.45, 2.75) is 11.4 Å². The zero-order chi connectivity index (χ0) is 19.4. The molecule has 0 fully saturated rings. The van der Waals surface area contributed by atoms with E-state index in [1.54, 1.807) is 43.1 Å². The van der Waals surface area contributed by atoms with Crippen molar-refractivity contribution in [3.8, 4) is 28.8 Å². The summed E-state index contributed by atoms with van der Waals surface area (Å²) in [6.07, 6.45) is 1.98. The third-order valence-corrected chi connectivity index (χ3v) is 4.88. The van der Waals surface area contributed by atoms with Crippen LogP contribution in [-0.4, -0.2) is 22.5 Å². The lowest BCUT2D eigenvalue weighted by molar-refractivity contribution is 0.414. The highest BCUT2D eigenvalue weighted by Crippen LogP contribution is 2.24. The predicted octanol–water partition coefficient (Wildman–Crippen LogP) is 2.92. The van der Waals surface area contributed by atoms with Crippen molar-refractivity contribution in [2.24, 2.45) is 0 Å². The van der Waals surface area contributed by atoms with Crippen molar-refractivity contribution < 1.29 is 4.74 Å². The minimum atomic E-state index is -0.557. The monoisotopic (exact) mass is 379 g/mol. The fourth-order valence-electron chi connectivity index (χ4n) is 2.75. The highest BCUT2D eigenvalue weighted by Gasteiger charge is 2.15. The molecule has 0 N–H and O–H groups in total. The van der Waals surface area contributed by atoms with Crippen LogP contribution in [0.2, 0.25) is 0 Å². The van der Waals surface area contributed by atoms with Gasteiger partial charge in [0.25, 0.3) is 5.56 Å². The van der Waals surface area contributed by atoms with Crippen molar-refractivity contribution in [1.82, 2.24) is 9.13 Å². The first-order valence-corrected chi connectivity index (χ1v) is 9.34. The molecule has 0 atom stereocenters. The van der Waals surface area contributed by atoms with E-state index < -0.39 is 11.2 Å². The van der Waals surface area contributed by atoms with Gasteiger partial charge in [-0.3, -0.25) is 9.36 Å². The topological polar surface area (TPSA) is 77.0 Å². The average Bonchev–Trinajstić information content (AvgIpc) is 2.71. The van der Waals surface area contributed by atoms with Crippen molar-refractivity contribution in [3.63, 3.8) is 0 Å². The van der Waals surface area contributed by atoms with Crippen molar-refractivity contribution in [2.75, 3.05) is 13.4 Å². The zero-order valence-electron chi connectivity index (χ0n) is 14.9. The Kier molecular flexibility index (Phi) is 5.48. The second-order valence-corrected chi connectivity index (χ2v) is 6.54. The van der Waals surface area contributed by atoms with Crippen LogP contribution in [0.1, 0.15) is 0 Å². The van der Waals surface area contributed by atoms with E-state index in [2.05, 4.69) is 0 Å². The molecule has 3 aromatic rings. The number of aromatic nitrogens is 2. The molecule has 0 radical (unpaired) electrons. The van der Waals surface area contributed by atoms with E-state index in [4.69, 9.17) is 10.00 Å². The number of ether oxygens (including phenoxy) is 1. The number of nitriles is 1. The van der Waals surface area contributed by atoms with Crippen LogP contribution in [0.3, 0.4) is 0 Å². The van der Waals surface area contributed by atoms with Gasteiger partial charge in [-0.05, 0) is 48.2 Å². The summed E-state index contributed by atoms with van der Waals surface area (Å²) >= 11 is 1.61. The molecule has 1 heterocycles. The maximum Gasteiger partial charge on any atom is 0.337 e. The van der Waals surface area contributed by atoms with E-state index in [0.29, 0.717) is 17.1 Å². The molecule has 0 aliphatic rings. The van der Waals surface area contributed by atoms with E-state index in [-0.39, 0.29) is 6.54 Å². The molecule has 3 rings (SSSR count). The maximum absolute atomic E-state index is 13.0. The molecule has 7 heteroatoms. The van der Waals surface area contributed by atoms with Gasteiger partial charge in [-0.2, -0.15) is 5.26 Å². The molecule has 0 aliphatic heterocycles. The molecule has 136 valence electrons. The minimum Gasteiger partial charge on any atom is -0.497 e. The first-order chi connectivity index (χ1) is 13.1. The van der Waals surface area contributed by atoms with E-state index in [9.17, 15) is 9.59 Å². The third-order valence-electron chi connectivity index (χ3n) is 4.13. The van der Waals surface area contributed by atoms with Gasteiger partial charge in [0.2, 0.25) is 0 Å². The van der Waals surface area contributed by atoms with E-state index >= 15 is 0 Å². The van der Waals surface area contributed by atoms with Crippen LogP contribution in [0.25, 0.3) is 16.9 Å². The molecule has 1 aromatic heterocycles. The SMILES string of the molecule is COc1ccc(-n2c(-c3ccc(SC)cc3)cc(=O)n(CC#N)c2=O)cc1. The molecular weight excluding hydrogens is 362 g/mol. The Morgan fingerprint density at radius 2 is 1.74 bits per heavy atom. The van der Waals surface area contributed by atoms with Crippen molar-refractivity contribution in [3.05, 3.63) is 75.4 Å². The Hall–Kier alpha value is -3.24. The quantitative estimate of drug-likeness (QED) is 0.637. The Morgan fingerprint density at radius 3 is 2.30 bits per heavy atom. The molecule has 0 bridgehead atoms. The van der Waals surface area contributed by atoms with Gasteiger partial charge in [-0.1, -0.05) is 12.1 Å². The molecule has 0 saturated heterocycles. The second kappa shape index (κ2) is 7.98. The Labute approximate surface area is 160 Å². The number of hydrogen-bond donors (Lipinski definition) is 0. The molecule has 0 saturated carbocycles. The molecule has 0 aliphatic carbocycles. The third kappa shape index (κ3) is 3.66. The molecular formula is C20H17N3O3S. The number of nitrogens with zero attached hydrogens (tertiary/aromatic N) is 3. The van der Waals surface area contributed by atoms with Gasteiger partial charge in [0.1, 0.15) is 12.3 Å². The van der Waals surface area contributed by atoms with Crippen LogP contribution in [-0.2, 0) is 6.54 Å². The van der Waals surface area contributed by atoms with E-state index in [1.165, 1.54) is 10.6 Å². The Balaban J connectivity index is 2.29. The summed E-state index contributed by atoms with van der Waals surface area (Å²) in [5.74, 6) is 0.656. The first kappa shape index (κ1) is 18.5. The molecule has 0 spiro atoms. The van der Waals surface area contributed by atoms with E-state index in [1.807, 2.05) is 36.6 Å². The summed E-state index contributed by atoms with van der Waals surface area (Å²) in [7, 11) is 1.56. The number of rotatable bonds is 5. The molecule has 2 aromatic carbocycles. The summed E-state index contributed by atoms with van der Waals surface area (Å²) in [5.41, 5.74) is 0.726. The number of hydrogen-bond acceptors (Lipinski definition) is 5. The van der Waals surface area contributed by atoms with Crippen LogP contribution in [0.15, 0.2) is 69.1 Å². The number of methoxy groups -OCH3 is 1. The van der Waals surface area contributed by atoms with E-state index in [0.717, 1.165) is 15.0 Å². The van der Waals surface area contributed by atoms with Gasteiger partial charge in [0.15, 0.2) is 0 Å². The predicted molar refractivity (Wildman–Crippen MR) is 106 cm³/mol. The normalized spacial score (nSPS) is 10.4. The molecule has 27 heavy (non-hydrogen) atoms. The summed E-state index contributed by atoms with van der Waals surface area (Å²) in [6, 6.07) is 17.8. The summed E-state index contributed by atoms with van der Waals surface area (Å²) in [4.78, 5) is 26.5. The summed E-state index contributed by atoms with van der Waals surface area (Å²) in [6.45, 7) is -0.306. The summed E-state index contributed by atoms with van der Waals surface area (Å²) < 4.78 is 7.53. The lowest BCUT2D eigenvalue weighted by Crippen LogP contribution is -2.39. The van der Waals surface area contributed by atoms with Crippen molar-refractivity contribution >= 4 is 11.8 Å². The van der Waals surface area contributed by atoms with Crippen LogP contribution in [0.4, 0.5) is 0 Å². The minimum absolute atomic E-state index is 0.306. The number of benzene rings is 2. The average molecular weight is 379 g/mol. The maximum atomic E-state index is 13.0. The Morgan fingerprint density at radius 1 is 1.07 bits per heavy atom. The second-order valence-electron chi connectivity index (χ2n) is 5.66. The largest absolute Gasteiger partial charge is 0.497 e. The number of thioether (sulfide) groups is 1. The lowest BCUT2D eigenvalue weighted by Gasteiger charge is -2.15. The lowest BCUT2D eigenvalue weighted by atomic mass is 10.1. The van der Waals surface area contributed by atoms with Gasteiger partial charge in [-0.15, -0.1) is 11.8 Å². The fourth-order valence-corrected chi connectivity index (χ4v) is 3.16. The molecule has 6 nitrogen and oxygen atoms in total. The summed E-state index contributed by atoms with van der Waals surface area (Å²) in [5, 5.41) is 8.97. The zero-order valence-corrected chi connectivity index (χ0v) is 15.7. The van der Waals surface area contributed by atoms with Crippen LogP contribution >= 0.6 is 11.8 Å². The van der Waals surface area contributed by atoms with Crippen LogP contribution < -0.4 is 16.0 Å². The van der Waals surface area contributed by atoms with Gasteiger partial charge < -0.3 is 4.74 Å². The fraction of sp³-hybridized carbons (Fsp3) is 0.150. The molecule has 0 amide bonds. The van der Waals surface area contributed by atoms with Gasteiger partial charge in [0.05, 0.1) is 24.6 Å². The highest BCUT2D eigenvalue weighted by atomic mass is 32.2. The van der Waals surface area contributed by atoms with Gasteiger partial charge in [0, 0.05) is 11.0 Å². The van der Waals surface area contributed by atoms with Crippen molar-refractivity contribution in [1.29, 1.82) is 5.26 Å². The van der Waals surface area contributed by atoms with Gasteiger partial charge >= 0.3 is 5.69 Å². The first-order valence-electron chi connectivity index (χ1n) is 8.11.